The highest BCUT2D eigenvalue weighted by atomic mass is 32.2. The third kappa shape index (κ3) is 3.19. The maximum Gasteiger partial charge on any atom is 0.341 e. The van der Waals surface area contributed by atoms with Crippen LogP contribution in [0, 0.1) is 0 Å². The Hall–Kier alpha value is -0.440. The first kappa shape index (κ1) is 8.56. The molecule has 1 N–H and O–H groups in total. The molecular formula is C6H10O2S. The molecule has 0 aliphatic carbocycles. The molecule has 0 rings (SSSR count). The van der Waals surface area contributed by atoms with E-state index < -0.39 is 5.97 Å². The predicted octanol–water partition coefficient (Wildman–Crippen LogP) is 1.73. The number of hydrogen-bond donors (Lipinski definition) is 1. The largest absolute Gasteiger partial charge is 0.477 e. The summed E-state index contributed by atoms with van der Waals surface area (Å²) >= 11 is 1.26. The fourth-order valence-electron chi connectivity index (χ4n) is 0.443. The minimum atomic E-state index is -0.829. The van der Waals surface area contributed by atoms with Gasteiger partial charge in [-0.15, -0.1) is 11.8 Å². The van der Waals surface area contributed by atoms with Gasteiger partial charge in [0.05, 0.1) is 4.91 Å². The molecule has 0 saturated carbocycles. The summed E-state index contributed by atoms with van der Waals surface area (Å²) in [5.74, 6) is -0.829. The van der Waals surface area contributed by atoms with Gasteiger partial charge >= 0.3 is 5.97 Å². The molecule has 0 aromatic heterocycles. The predicted molar refractivity (Wildman–Crippen MR) is 39.5 cm³/mol. The number of carbonyl (C=O) groups is 1. The Balaban J connectivity index is 3.98. The lowest BCUT2D eigenvalue weighted by Gasteiger charge is -1.92. The van der Waals surface area contributed by atoms with E-state index in [-0.39, 0.29) is 0 Å². The molecule has 0 heterocycles. The maximum atomic E-state index is 10.2. The van der Waals surface area contributed by atoms with E-state index in [2.05, 4.69) is 0 Å². The molecule has 0 aliphatic rings. The third-order valence-corrected chi connectivity index (χ3v) is 1.60. The Morgan fingerprint density at radius 2 is 2.33 bits per heavy atom. The zero-order valence-corrected chi connectivity index (χ0v) is 6.36. The van der Waals surface area contributed by atoms with Gasteiger partial charge in [-0.2, -0.15) is 0 Å². The molecule has 0 spiro atoms. The number of allylic oxidation sites excluding steroid dienone is 1. The van der Waals surface area contributed by atoms with Gasteiger partial charge in [-0.1, -0.05) is 13.0 Å². The SMILES string of the molecule is CCC=C(SC)C(=O)O. The Bertz CT molecular complexity index is 129. The lowest BCUT2D eigenvalue weighted by molar-refractivity contribution is -0.131. The van der Waals surface area contributed by atoms with Crippen LogP contribution in [0.15, 0.2) is 11.0 Å². The molecule has 0 aromatic rings. The molecule has 0 aromatic carbocycles. The second-order valence-corrected chi connectivity index (χ2v) is 2.33. The minimum Gasteiger partial charge on any atom is -0.477 e. The quantitative estimate of drug-likeness (QED) is 0.616. The van der Waals surface area contributed by atoms with Gasteiger partial charge in [0.15, 0.2) is 0 Å². The molecule has 0 aliphatic heterocycles. The van der Waals surface area contributed by atoms with Gasteiger partial charge in [-0.3, -0.25) is 0 Å². The van der Waals surface area contributed by atoms with Crippen molar-refractivity contribution in [3.05, 3.63) is 11.0 Å². The van der Waals surface area contributed by atoms with Gasteiger partial charge in [0.2, 0.25) is 0 Å². The monoisotopic (exact) mass is 146 g/mol. The number of rotatable bonds is 3. The van der Waals surface area contributed by atoms with E-state index in [4.69, 9.17) is 5.11 Å². The lowest BCUT2D eigenvalue weighted by atomic mass is 10.4. The van der Waals surface area contributed by atoms with Gasteiger partial charge in [0.25, 0.3) is 0 Å². The van der Waals surface area contributed by atoms with Crippen LogP contribution in [-0.2, 0) is 4.79 Å². The van der Waals surface area contributed by atoms with Crippen molar-refractivity contribution in [1.82, 2.24) is 0 Å². The highest BCUT2D eigenvalue weighted by Crippen LogP contribution is 2.11. The first-order chi connectivity index (χ1) is 4.22. The Labute approximate surface area is 59.0 Å². The Morgan fingerprint density at radius 1 is 1.78 bits per heavy atom. The third-order valence-electron chi connectivity index (χ3n) is 0.820. The molecule has 2 nitrogen and oxygen atoms in total. The fraction of sp³-hybridized carbons (Fsp3) is 0.500. The second kappa shape index (κ2) is 4.44. The highest BCUT2D eigenvalue weighted by Gasteiger charge is 2.01. The van der Waals surface area contributed by atoms with E-state index in [0.29, 0.717) is 4.91 Å². The van der Waals surface area contributed by atoms with Crippen molar-refractivity contribution in [3.63, 3.8) is 0 Å². The number of hydrogen-bond acceptors (Lipinski definition) is 2. The van der Waals surface area contributed by atoms with Crippen LogP contribution in [0.2, 0.25) is 0 Å². The first-order valence-corrected chi connectivity index (χ1v) is 3.92. The minimum absolute atomic E-state index is 0.428. The molecule has 0 saturated heterocycles. The van der Waals surface area contributed by atoms with E-state index in [1.807, 2.05) is 6.92 Å². The molecule has 0 amide bonds. The summed E-state index contributed by atoms with van der Waals surface area (Å²) in [6, 6.07) is 0. The first-order valence-electron chi connectivity index (χ1n) is 2.69. The van der Waals surface area contributed by atoms with Crippen molar-refractivity contribution in [2.24, 2.45) is 0 Å². The van der Waals surface area contributed by atoms with E-state index in [0.717, 1.165) is 6.42 Å². The van der Waals surface area contributed by atoms with E-state index in [9.17, 15) is 4.79 Å². The molecule has 9 heavy (non-hydrogen) atoms. The molecule has 0 radical (unpaired) electrons. The number of aliphatic carboxylic acids is 1. The Kier molecular flexibility index (Phi) is 4.22. The second-order valence-electron chi connectivity index (χ2n) is 1.49. The van der Waals surface area contributed by atoms with Gasteiger partial charge in [-0.05, 0) is 12.7 Å². The molecule has 3 heteroatoms. The lowest BCUT2D eigenvalue weighted by Crippen LogP contribution is -1.95. The van der Waals surface area contributed by atoms with E-state index in [1.54, 1.807) is 12.3 Å². The summed E-state index contributed by atoms with van der Waals surface area (Å²) in [5, 5.41) is 8.42. The van der Waals surface area contributed by atoms with Crippen LogP contribution >= 0.6 is 11.8 Å². The molecule has 0 atom stereocenters. The van der Waals surface area contributed by atoms with Crippen LogP contribution in [0.5, 0.6) is 0 Å². The number of thioether (sulfide) groups is 1. The van der Waals surface area contributed by atoms with Gasteiger partial charge in [0, 0.05) is 0 Å². The summed E-state index contributed by atoms with van der Waals surface area (Å²) in [6.45, 7) is 1.92. The van der Waals surface area contributed by atoms with Crippen LogP contribution in [0.4, 0.5) is 0 Å². The van der Waals surface area contributed by atoms with Crippen molar-refractivity contribution in [2.45, 2.75) is 13.3 Å². The zero-order chi connectivity index (χ0) is 7.28. The van der Waals surface area contributed by atoms with Crippen molar-refractivity contribution >= 4 is 17.7 Å². The molecule has 0 fully saturated rings. The summed E-state index contributed by atoms with van der Waals surface area (Å²) < 4.78 is 0. The van der Waals surface area contributed by atoms with Crippen LogP contribution in [0.1, 0.15) is 13.3 Å². The van der Waals surface area contributed by atoms with Crippen molar-refractivity contribution < 1.29 is 9.90 Å². The molecule has 0 bridgehead atoms. The smallest absolute Gasteiger partial charge is 0.341 e. The number of carboxylic acids is 1. The summed E-state index contributed by atoms with van der Waals surface area (Å²) in [4.78, 5) is 10.7. The normalized spacial score (nSPS) is 11.6. The van der Waals surface area contributed by atoms with E-state index >= 15 is 0 Å². The standard InChI is InChI=1S/C6H10O2S/c1-3-4-5(9-2)6(7)8/h4H,3H2,1-2H3,(H,7,8). The maximum absolute atomic E-state index is 10.2. The number of carboxylic acid groups (broad SMARTS) is 1. The summed E-state index contributed by atoms with van der Waals surface area (Å²) in [6.07, 6.45) is 4.24. The van der Waals surface area contributed by atoms with Crippen LogP contribution < -0.4 is 0 Å². The van der Waals surface area contributed by atoms with Crippen LogP contribution in [0.25, 0.3) is 0 Å². The van der Waals surface area contributed by atoms with Gasteiger partial charge in [0.1, 0.15) is 0 Å². The highest BCUT2D eigenvalue weighted by molar-refractivity contribution is 8.03. The van der Waals surface area contributed by atoms with Crippen molar-refractivity contribution in [3.8, 4) is 0 Å². The Morgan fingerprint density at radius 3 is 2.44 bits per heavy atom. The van der Waals surface area contributed by atoms with Crippen LogP contribution in [0.3, 0.4) is 0 Å². The van der Waals surface area contributed by atoms with E-state index in [1.165, 1.54) is 11.8 Å². The summed E-state index contributed by atoms with van der Waals surface area (Å²) in [5.41, 5.74) is 0. The molecule has 0 unspecified atom stereocenters. The average Bonchev–Trinajstić information content (AvgIpc) is 1.82. The zero-order valence-electron chi connectivity index (χ0n) is 5.55. The topological polar surface area (TPSA) is 37.3 Å². The van der Waals surface area contributed by atoms with Crippen molar-refractivity contribution in [1.29, 1.82) is 0 Å². The fourth-order valence-corrected chi connectivity index (χ4v) is 0.951. The van der Waals surface area contributed by atoms with Crippen molar-refractivity contribution in [2.75, 3.05) is 6.26 Å². The van der Waals surface area contributed by atoms with Crippen LogP contribution in [-0.4, -0.2) is 17.3 Å². The van der Waals surface area contributed by atoms with Gasteiger partial charge in [-0.25, -0.2) is 4.79 Å². The summed E-state index contributed by atoms with van der Waals surface area (Å²) in [7, 11) is 0. The average molecular weight is 146 g/mol. The van der Waals surface area contributed by atoms with Gasteiger partial charge < -0.3 is 5.11 Å². The molecular weight excluding hydrogens is 136 g/mol. The molecule has 52 valence electrons.